The average Bonchev–Trinajstić information content (AvgIpc) is 3.15. The van der Waals surface area contributed by atoms with E-state index in [2.05, 4.69) is 29.1 Å². The van der Waals surface area contributed by atoms with Crippen molar-refractivity contribution in [2.45, 2.75) is 52.2 Å². The Kier molecular flexibility index (Phi) is 4.19. The highest BCUT2D eigenvalue weighted by molar-refractivity contribution is 5.85. The minimum Gasteiger partial charge on any atom is -0.460 e. The highest BCUT2D eigenvalue weighted by Crippen LogP contribution is 2.27. The summed E-state index contributed by atoms with van der Waals surface area (Å²) in [6.07, 6.45) is 2.54. The number of carbonyl (C=O) groups excluding carboxylic acids is 1. The van der Waals surface area contributed by atoms with Crippen LogP contribution in [0.25, 0.3) is 0 Å². The summed E-state index contributed by atoms with van der Waals surface area (Å²) in [5.41, 5.74) is 0. The first-order valence-corrected chi connectivity index (χ1v) is 6.83. The van der Waals surface area contributed by atoms with Crippen LogP contribution in [-0.4, -0.2) is 51.4 Å². The number of carbonyl (C=O) groups is 1. The first-order valence-electron chi connectivity index (χ1n) is 6.83. The van der Waals surface area contributed by atoms with Crippen molar-refractivity contribution in [3.8, 4) is 0 Å². The number of hydrogen-bond donors (Lipinski definition) is 0. The zero-order valence-corrected chi connectivity index (χ0v) is 12.1. The Bertz CT molecular complexity index is 453. The molecule has 1 aromatic heterocycles. The molecule has 0 aromatic carbocycles. The fourth-order valence-corrected chi connectivity index (χ4v) is 2.18. The molecule has 19 heavy (non-hydrogen) atoms. The fourth-order valence-electron chi connectivity index (χ4n) is 2.18. The number of aromatic nitrogens is 3. The molecule has 1 saturated carbocycles. The average molecular weight is 266 g/mol. The predicted octanol–water partition coefficient (Wildman–Crippen LogP) is 1.25. The van der Waals surface area contributed by atoms with Gasteiger partial charge in [-0.15, -0.1) is 10.2 Å². The second-order valence-electron chi connectivity index (χ2n) is 5.15. The van der Waals surface area contributed by atoms with Crippen LogP contribution in [0.4, 0.5) is 0 Å². The minimum atomic E-state index is -0.399. The molecule has 1 heterocycles. The van der Waals surface area contributed by atoms with Gasteiger partial charge in [-0.05, 0) is 40.7 Å². The summed E-state index contributed by atoms with van der Waals surface area (Å²) < 4.78 is 6.86. The summed E-state index contributed by atoms with van der Waals surface area (Å²) in [6, 6.07) is 1.04. The standard InChI is InChI=1S/C13H22N4O2/c1-5-19-13(18)12-15-14-10(3)17(12)8-9(2)16(4)11-6-7-11/h9,11H,5-8H2,1-4H3. The summed E-state index contributed by atoms with van der Waals surface area (Å²) in [5, 5.41) is 7.91. The summed E-state index contributed by atoms with van der Waals surface area (Å²) in [6.45, 7) is 6.86. The number of ether oxygens (including phenoxy) is 1. The van der Waals surface area contributed by atoms with E-state index in [1.807, 2.05) is 11.5 Å². The molecule has 0 aliphatic heterocycles. The second-order valence-corrected chi connectivity index (χ2v) is 5.15. The highest BCUT2D eigenvalue weighted by Gasteiger charge is 2.30. The SMILES string of the molecule is CCOC(=O)c1nnc(C)n1CC(C)N(C)C1CC1. The Hall–Kier alpha value is -1.43. The van der Waals surface area contributed by atoms with Gasteiger partial charge in [0, 0.05) is 18.6 Å². The van der Waals surface area contributed by atoms with Crippen LogP contribution < -0.4 is 0 Å². The monoisotopic (exact) mass is 266 g/mol. The number of esters is 1. The van der Waals surface area contributed by atoms with E-state index < -0.39 is 5.97 Å². The third-order valence-electron chi connectivity index (χ3n) is 3.66. The van der Waals surface area contributed by atoms with Crippen molar-refractivity contribution in [1.82, 2.24) is 19.7 Å². The molecular weight excluding hydrogens is 244 g/mol. The van der Waals surface area contributed by atoms with Gasteiger partial charge in [-0.3, -0.25) is 4.90 Å². The van der Waals surface area contributed by atoms with Crippen LogP contribution in [0.2, 0.25) is 0 Å². The molecule has 0 spiro atoms. The van der Waals surface area contributed by atoms with E-state index in [1.165, 1.54) is 12.8 Å². The van der Waals surface area contributed by atoms with Crippen molar-refractivity contribution in [1.29, 1.82) is 0 Å². The molecule has 106 valence electrons. The lowest BCUT2D eigenvalue weighted by atomic mass is 10.3. The minimum absolute atomic E-state index is 0.301. The molecule has 0 radical (unpaired) electrons. The van der Waals surface area contributed by atoms with Crippen LogP contribution >= 0.6 is 0 Å². The molecule has 0 saturated heterocycles. The molecule has 0 bridgehead atoms. The number of aryl methyl sites for hydroxylation is 1. The van der Waals surface area contributed by atoms with Gasteiger partial charge in [0.05, 0.1) is 6.61 Å². The van der Waals surface area contributed by atoms with Crippen LogP contribution in [0, 0.1) is 6.92 Å². The Balaban J connectivity index is 2.10. The van der Waals surface area contributed by atoms with Crippen molar-refractivity contribution in [3.63, 3.8) is 0 Å². The summed E-state index contributed by atoms with van der Waals surface area (Å²) in [4.78, 5) is 14.2. The van der Waals surface area contributed by atoms with Gasteiger partial charge in [0.15, 0.2) is 0 Å². The van der Waals surface area contributed by atoms with Crippen molar-refractivity contribution < 1.29 is 9.53 Å². The van der Waals surface area contributed by atoms with Gasteiger partial charge in [0.25, 0.3) is 0 Å². The molecule has 1 aliphatic carbocycles. The topological polar surface area (TPSA) is 60.2 Å². The molecule has 2 rings (SSSR count). The van der Waals surface area contributed by atoms with E-state index >= 15 is 0 Å². The second kappa shape index (κ2) is 5.69. The van der Waals surface area contributed by atoms with E-state index in [4.69, 9.17) is 4.74 Å². The van der Waals surface area contributed by atoms with E-state index in [9.17, 15) is 4.79 Å². The first kappa shape index (κ1) is 14.0. The lowest BCUT2D eigenvalue weighted by molar-refractivity contribution is 0.0503. The van der Waals surface area contributed by atoms with Crippen molar-refractivity contribution in [3.05, 3.63) is 11.6 Å². The molecule has 6 nitrogen and oxygen atoms in total. The van der Waals surface area contributed by atoms with E-state index in [1.54, 1.807) is 6.92 Å². The molecule has 6 heteroatoms. The number of nitrogens with zero attached hydrogens (tertiary/aromatic N) is 4. The lowest BCUT2D eigenvalue weighted by Crippen LogP contribution is -2.35. The van der Waals surface area contributed by atoms with Gasteiger partial charge in [-0.1, -0.05) is 0 Å². The molecule has 1 atom stereocenters. The van der Waals surface area contributed by atoms with Crippen molar-refractivity contribution in [2.24, 2.45) is 0 Å². The number of hydrogen-bond acceptors (Lipinski definition) is 5. The third kappa shape index (κ3) is 3.12. The normalized spacial score (nSPS) is 16.7. The zero-order chi connectivity index (χ0) is 14.0. The Morgan fingerprint density at radius 1 is 1.53 bits per heavy atom. The third-order valence-corrected chi connectivity index (χ3v) is 3.66. The maximum absolute atomic E-state index is 11.8. The molecule has 0 amide bonds. The molecule has 1 aromatic rings. The van der Waals surface area contributed by atoms with Gasteiger partial charge in [0.1, 0.15) is 5.82 Å². The zero-order valence-electron chi connectivity index (χ0n) is 12.1. The maximum Gasteiger partial charge on any atom is 0.376 e. The molecule has 1 unspecified atom stereocenters. The van der Waals surface area contributed by atoms with Crippen LogP contribution in [0.3, 0.4) is 0 Å². The predicted molar refractivity (Wildman–Crippen MR) is 71.0 cm³/mol. The Labute approximate surface area is 113 Å². The van der Waals surface area contributed by atoms with Gasteiger partial charge in [-0.25, -0.2) is 4.79 Å². The smallest absolute Gasteiger partial charge is 0.376 e. The van der Waals surface area contributed by atoms with Crippen molar-refractivity contribution in [2.75, 3.05) is 13.7 Å². The Morgan fingerprint density at radius 3 is 2.79 bits per heavy atom. The highest BCUT2D eigenvalue weighted by atomic mass is 16.5. The van der Waals surface area contributed by atoms with Crippen LogP contribution in [0.5, 0.6) is 0 Å². The van der Waals surface area contributed by atoms with Gasteiger partial charge in [-0.2, -0.15) is 0 Å². The summed E-state index contributed by atoms with van der Waals surface area (Å²) in [7, 11) is 2.13. The largest absolute Gasteiger partial charge is 0.460 e. The van der Waals surface area contributed by atoms with Crippen LogP contribution in [0.15, 0.2) is 0 Å². The van der Waals surface area contributed by atoms with Crippen molar-refractivity contribution >= 4 is 5.97 Å². The van der Waals surface area contributed by atoms with Crippen LogP contribution in [-0.2, 0) is 11.3 Å². The lowest BCUT2D eigenvalue weighted by Gasteiger charge is -2.25. The van der Waals surface area contributed by atoms with Gasteiger partial charge in [0.2, 0.25) is 5.82 Å². The molecular formula is C13H22N4O2. The van der Waals surface area contributed by atoms with E-state index in [0.717, 1.165) is 5.82 Å². The number of likely N-dealkylation sites (N-methyl/N-ethyl adjacent to an activating group) is 1. The molecule has 1 fully saturated rings. The summed E-state index contributed by atoms with van der Waals surface area (Å²) >= 11 is 0. The quantitative estimate of drug-likeness (QED) is 0.725. The van der Waals surface area contributed by atoms with E-state index in [0.29, 0.717) is 31.1 Å². The maximum atomic E-state index is 11.8. The summed E-state index contributed by atoms with van der Waals surface area (Å²) in [5.74, 6) is 0.652. The van der Waals surface area contributed by atoms with Gasteiger partial charge >= 0.3 is 5.97 Å². The molecule has 1 aliphatic rings. The number of rotatable bonds is 6. The van der Waals surface area contributed by atoms with Crippen LogP contribution in [0.1, 0.15) is 43.1 Å². The molecule has 0 N–H and O–H groups in total. The Morgan fingerprint density at radius 2 is 2.21 bits per heavy atom. The first-order chi connectivity index (χ1) is 9.04. The fraction of sp³-hybridized carbons (Fsp3) is 0.769. The van der Waals surface area contributed by atoms with Gasteiger partial charge < -0.3 is 9.30 Å². The van der Waals surface area contributed by atoms with E-state index in [-0.39, 0.29) is 0 Å².